The van der Waals surface area contributed by atoms with Crippen LogP contribution in [0.25, 0.3) is 0 Å². The first-order valence-corrected chi connectivity index (χ1v) is 8.77. The van der Waals surface area contributed by atoms with Gasteiger partial charge in [0.1, 0.15) is 11.5 Å². The van der Waals surface area contributed by atoms with Crippen LogP contribution in [0.4, 0.5) is 10.5 Å². The molecule has 0 saturated carbocycles. The lowest BCUT2D eigenvalue weighted by Crippen LogP contribution is -2.30. The molecule has 128 valence electrons. The Morgan fingerprint density at radius 3 is 2.58 bits per heavy atom. The predicted molar refractivity (Wildman–Crippen MR) is 99.2 cm³/mol. The fourth-order valence-corrected chi connectivity index (χ4v) is 2.89. The standard InChI is InChI=1S/C18H22N2O3S/c1-22-15-8-9-16(17(12-15)23-2)20-18(21)19-10-11-24-13-14-6-4-3-5-7-14/h3-9,12H,10-11,13H2,1-2H3,(H2,19,20,21). The van der Waals surface area contributed by atoms with Crippen LogP contribution in [-0.2, 0) is 5.75 Å². The van der Waals surface area contributed by atoms with E-state index in [1.807, 2.05) is 18.2 Å². The Morgan fingerprint density at radius 1 is 1.08 bits per heavy atom. The third kappa shape index (κ3) is 5.70. The van der Waals surface area contributed by atoms with Crippen molar-refractivity contribution in [2.75, 3.05) is 31.8 Å². The molecular formula is C18H22N2O3S. The van der Waals surface area contributed by atoms with Crippen LogP contribution in [-0.4, -0.2) is 32.5 Å². The van der Waals surface area contributed by atoms with E-state index in [0.29, 0.717) is 23.7 Å². The van der Waals surface area contributed by atoms with Crippen LogP contribution in [0, 0.1) is 0 Å². The van der Waals surface area contributed by atoms with Gasteiger partial charge in [0.25, 0.3) is 0 Å². The number of anilines is 1. The lowest BCUT2D eigenvalue weighted by atomic mass is 10.2. The Kier molecular flexibility index (Phi) is 7.29. The van der Waals surface area contributed by atoms with Crippen LogP contribution in [0.5, 0.6) is 11.5 Å². The van der Waals surface area contributed by atoms with Gasteiger partial charge in [0, 0.05) is 24.1 Å². The van der Waals surface area contributed by atoms with Gasteiger partial charge in [0.15, 0.2) is 0 Å². The Labute approximate surface area is 146 Å². The molecule has 0 aliphatic heterocycles. The minimum atomic E-state index is -0.251. The number of carbonyl (C=O) groups is 1. The van der Waals surface area contributed by atoms with Crippen LogP contribution in [0.1, 0.15) is 5.56 Å². The molecule has 5 nitrogen and oxygen atoms in total. The average molecular weight is 346 g/mol. The average Bonchev–Trinajstić information content (AvgIpc) is 2.62. The van der Waals surface area contributed by atoms with E-state index in [1.165, 1.54) is 5.56 Å². The summed E-state index contributed by atoms with van der Waals surface area (Å²) in [5, 5.41) is 5.62. The molecule has 0 unspecified atom stereocenters. The highest BCUT2D eigenvalue weighted by atomic mass is 32.2. The van der Waals surface area contributed by atoms with Crippen LogP contribution < -0.4 is 20.1 Å². The summed E-state index contributed by atoms with van der Waals surface area (Å²) in [5.41, 5.74) is 1.89. The zero-order chi connectivity index (χ0) is 17.2. The topological polar surface area (TPSA) is 59.6 Å². The highest BCUT2D eigenvalue weighted by Gasteiger charge is 2.08. The van der Waals surface area contributed by atoms with Gasteiger partial charge >= 0.3 is 6.03 Å². The SMILES string of the molecule is COc1ccc(NC(=O)NCCSCc2ccccc2)c(OC)c1. The number of carbonyl (C=O) groups excluding carboxylic acids is 1. The fraction of sp³-hybridized carbons (Fsp3) is 0.278. The molecule has 2 rings (SSSR count). The molecule has 0 saturated heterocycles. The van der Waals surface area contributed by atoms with Gasteiger partial charge in [-0.25, -0.2) is 4.79 Å². The van der Waals surface area contributed by atoms with E-state index in [-0.39, 0.29) is 6.03 Å². The summed E-state index contributed by atoms with van der Waals surface area (Å²) in [4.78, 5) is 11.9. The van der Waals surface area contributed by atoms with Crippen LogP contribution in [0.15, 0.2) is 48.5 Å². The fourth-order valence-electron chi connectivity index (χ4n) is 2.07. The van der Waals surface area contributed by atoms with E-state index in [0.717, 1.165) is 11.5 Å². The van der Waals surface area contributed by atoms with E-state index in [9.17, 15) is 4.79 Å². The lowest BCUT2D eigenvalue weighted by molar-refractivity contribution is 0.252. The van der Waals surface area contributed by atoms with Gasteiger partial charge in [-0.15, -0.1) is 0 Å². The highest BCUT2D eigenvalue weighted by molar-refractivity contribution is 7.98. The van der Waals surface area contributed by atoms with E-state index in [2.05, 4.69) is 22.8 Å². The normalized spacial score (nSPS) is 10.1. The molecule has 2 amide bonds. The molecule has 2 aromatic carbocycles. The number of thioether (sulfide) groups is 1. The monoisotopic (exact) mass is 346 g/mol. The molecule has 0 atom stereocenters. The van der Waals surface area contributed by atoms with Crippen molar-refractivity contribution in [1.82, 2.24) is 5.32 Å². The zero-order valence-electron chi connectivity index (χ0n) is 13.9. The first-order chi connectivity index (χ1) is 11.7. The maximum atomic E-state index is 11.9. The largest absolute Gasteiger partial charge is 0.497 e. The second kappa shape index (κ2) is 9.72. The lowest BCUT2D eigenvalue weighted by Gasteiger charge is -2.12. The van der Waals surface area contributed by atoms with Crippen molar-refractivity contribution in [2.45, 2.75) is 5.75 Å². The molecule has 0 aliphatic rings. The quantitative estimate of drug-likeness (QED) is 0.715. The van der Waals surface area contributed by atoms with Crippen LogP contribution in [0.2, 0.25) is 0 Å². The van der Waals surface area contributed by atoms with Gasteiger partial charge in [-0.3, -0.25) is 0 Å². The van der Waals surface area contributed by atoms with Crippen molar-refractivity contribution in [2.24, 2.45) is 0 Å². The number of ether oxygens (including phenoxy) is 2. The molecule has 0 aliphatic carbocycles. The Balaban J connectivity index is 1.71. The van der Waals surface area contributed by atoms with Crippen molar-refractivity contribution in [3.63, 3.8) is 0 Å². The smallest absolute Gasteiger partial charge is 0.319 e. The number of benzene rings is 2. The number of rotatable bonds is 8. The maximum absolute atomic E-state index is 11.9. The molecule has 24 heavy (non-hydrogen) atoms. The van der Waals surface area contributed by atoms with Crippen molar-refractivity contribution < 1.29 is 14.3 Å². The van der Waals surface area contributed by atoms with Crippen molar-refractivity contribution in [3.05, 3.63) is 54.1 Å². The molecule has 0 heterocycles. The van der Waals surface area contributed by atoms with Gasteiger partial charge < -0.3 is 20.1 Å². The maximum Gasteiger partial charge on any atom is 0.319 e. The van der Waals surface area contributed by atoms with E-state index in [4.69, 9.17) is 9.47 Å². The minimum Gasteiger partial charge on any atom is -0.497 e. The number of hydrogen-bond acceptors (Lipinski definition) is 4. The summed E-state index contributed by atoms with van der Waals surface area (Å²) in [6, 6.07) is 15.3. The Hall–Kier alpha value is -2.34. The van der Waals surface area contributed by atoms with Crippen molar-refractivity contribution in [3.8, 4) is 11.5 Å². The van der Waals surface area contributed by atoms with Gasteiger partial charge in [-0.2, -0.15) is 11.8 Å². The third-order valence-corrected chi connectivity index (χ3v) is 4.33. The van der Waals surface area contributed by atoms with Crippen molar-refractivity contribution >= 4 is 23.5 Å². The first-order valence-electron chi connectivity index (χ1n) is 7.61. The second-order valence-corrected chi connectivity index (χ2v) is 6.09. The number of amides is 2. The van der Waals surface area contributed by atoms with Crippen molar-refractivity contribution in [1.29, 1.82) is 0 Å². The van der Waals surface area contributed by atoms with Crippen LogP contribution >= 0.6 is 11.8 Å². The second-order valence-electron chi connectivity index (χ2n) is 4.99. The number of hydrogen-bond donors (Lipinski definition) is 2. The van der Waals surface area contributed by atoms with Crippen LogP contribution in [0.3, 0.4) is 0 Å². The summed E-state index contributed by atoms with van der Waals surface area (Å²) >= 11 is 1.78. The number of urea groups is 1. The summed E-state index contributed by atoms with van der Waals surface area (Å²) in [5.74, 6) is 3.02. The van der Waals surface area contributed by atoms with E-state index >= 15 is 0 Å². The molecule has 2 aromatic rings. The molecule has 6 heteroatoms. The summed E-state index contributed by atoms with van der Waals surface area (Å²) in [7, 11) is 3.14. The Bertz CT molecular complexity index is 650. The summed E-state index contributed by atoms with van der Waals surface area (Å²) < 4.78 is 10.4. The zero-order valence-corrected chi connectivity index (χ0v) is 14.7. The number of methoxy groups -OCH3 is 2. The van der Waals surface area contributed by atoms with Gasteiger partial charge in [-0.1, -0.05) is 30.3 Å². The molecule has 0 radical (unpaired) electrons. The Morgan fingerprint density at radius 2 is 1.88 bits per heavy atom. The highest BCUT2D eigenvalue weighted by Crippen LogP contribution is 2.28. The first kappa shape index (κ1) is 18.0. The third-order valence-electron chi connectivity index (χ3n) is 3.30. The molecular weight excluding hydrogens is 324 g/mol. The van der Waals surface area contributed by atoms with E-state index in [1.54, 1.807) is 44.2 Å². The minimum absolute atomic E-state index is 0.251. The van der Waals surface area contributed by atoms with Gasteiger partial charge in [0.2, 0.25) is 0 Å². The predicted octanol–water partition coefficient (Wildman–Crippen LogP) is 3.76. The molecule has 0 aromatic heterocycles. The molecule has 0 fully saturated rings. The molecule has 0 bridgehead atoms. The molecule has 0 spiro atoms. The summed E-state index contributed by atoms with van der Waals surface area (Å²) in [6.45, 7) is 0.599. The summed E-state index contributed by atoms with van der Waals surface area (Å²) in [6.07, 6.45) is 0. The van der Waals surface area contributed by atoms with Gasteiger partial charge in [0.05, 0.1) is 19.9 Å². The molecule has 2 N–H and O–H groups in total. The van der Waals surface area contributed by atoms with Gasteiger partial charge in [-0.05, 0) is 17.7 Å². The number of nitrogens with one attached hydrogen (secondary N) is 2. The van der Waals surface area contributed by atoms with E-state index < -0.39 is 0 Å².